The number of rotatable bonds is 4. The number of anilines is 1. The maximum Gasteiger partial charge on any atom is 0.254 e. The Morgan fingerprint density at radius 1 is 1.13 bits per heavy atom. The van der Waals surface area contributed by atoms with Gasteiger partial charge in [0.1, 0.15) is 5.75 Å². The Morgan fingerprint density at radius 3 is 2.47 bits per heavy atom. The molecule has 2 atom stereocenters. The van der Waals surface area contributed by atoms with Gasteiger partial charge >= 0.3 is 0 Å². The molecule has 6 nitrogen and oxygen atoms in total. The molecule has 0 saturated heterocycles. The number of thiazole rings is 1. The Balaban J connectivity index is 1.79. The summed E-state index contributed by atoms with van der Waals surface area (Å²) < 4.78 is 5.26. The number of methoxy groups -OCH3 is 1. The minimum atomic E-state index is -0.568. The van der Waals surface area contributed by atoms with Gasteiger partial charge in [0.05, 0.1) is 24.8 Å². The molecule has 1 aliphatic heterocycles. The average Bonchev–Trinajstić information content (AvgIpc) is 3.07. The lowest BCUT2D eigenvalue weighted by molar-refractivity contribution is -0.119. The van der Waals surface area contributed by atoms with E-state index in [1.807, 2.05) is 56.3 Å². The van der Waals surface area contributed by atoms with Gasteiger partial charge in [-0.3, -0.25) is 9.59 Å². The highest BCUT2D eigenvalue weighted by Gasteiger charge is 2.42. The first-order chi connectivity index (χ1) is 14.4. The molecule has 0 radical (unpaired) electrons. The Hall–Kier alpha value is -3.19. The summed E-state index contributed by atoms with van der Waals surface area (Å²) in [6.07, 6.45) is 0. The molecule has 0 saturated carbocycles. The van der Waals surface area contributed by atoms with Crippen LogP contribution >= 0.6 is 11.3 Å². The van der Waals surface area contributed by atoms with Crippen LogP contribution in [0.4, 0.5) is 5.13 Å². The summed E-state index contributed by atoms with van der Waals surface area (Å²) in [7, 11) is 3.35. The zero-order valence-corrected chi connectivity index (χ0v) is 18.1. The highest BCUT2D eigenvalue weighted by molar-refractivity contribution is 7.15. The zero-order chi connectivity index (χ0) is 21.4. The second kappa shape index (κ2) is 7.91. The van der Waals surface area contributed by atoms with E-state index in [1.54, 1.807) is 25.1 Å². The number of aryl methyl sites for hydroxylation is 2. The van der Waals surface area contributed by atoms with Crippen LogP contribution in [0.5, 0.6) is 5.75 Å². The van der Waals surface area contributed by atoms with E-state index in [0.29, 0.717) is 10.7 Å². The smallest absolute Gasteiger partial charge is 0.254 e. The van der Waals surface area contributed by atoms with Gasteiger partial charge in [0.15, 0.2) is 5.13 Å². The molecule has 1 aromatic heterocycles. The van der Waals surface area contributed by atoms with Crippen LogP contribution in [0.15, 0.2) is 48.5 Å². The van der Waals surface area contributed by atoms with Gasteiger partial charge in [-0.05, 0) is 43.2 Å². The molecule has 30 heavy (non-hydrogen) atoms. The zero-order valence-electron chi connectivity index (χ0n) is 17.3. The molecule has 1 aliphatic rings. The van der Waals surface area contributed by atoms with E-state index in [1.165, 1.54) is 11.3 Å². The van der Waals surface area contributed by atoms with Crippen molar-refractivity contribution >= 4 is 28.3 Å². The lowest BCUT2D eigenvalue weighted by atomic mass is 9.79. The normalized spacial score (nSPS) is 18.1. The van der Waals surface area contributed by atoms with Crippen molar-refractivity contribution in [3.05, 3.63) is 75.8 Å². The summed E-state index contributed by atoms with van der Waals surface area (Å²) in [5, 5.41) is 3.55. The van der Waals surface area contributed by atoms with Gasteiger partial charge in [-0.25, -0.2) is 4.98 Å². The summed E-state index contributed by atoms with van der Waals surface area (Å²) in [6.45, 7) is 3.90. The second-order valence-corrected chi connectivity index (χ2v) is 8.55. The molecule has 154 valence electrons. The minimum Gasteiger partial charge on any atom is -0.497 e. The molecule has 0 bridgehead atoms. The number of likely N-dealkylation sites (N-methyl/N-ethyl adjacent to an activating group) is 1. The van der Waals surface area contributed by atoms with Crippen LogP contribution in [-0.4, -0.2) is 35.9 Å². The third-order valence-corrected chi connectivity index (χ3v) is 6.57. The molecule has 1 N–H and O–H groups in total. The maximum absolute atomic E-state index is 13.5. The van der Waals surface area contributed by atoms with Crippen molar-refractivity contribution in [3.8, 4) is 5.75 Å². The third-order valence-electron chi connectivity index (χ3n) is 5.58. The first kappa shape index (κ1) is 20.1. The number of nitrogens with zero attached hydrogens (tertiary/aromatic N) is 2. The highest BCUT2D eigenvalue weighted by atomic mass is 32.1. The number of fused-ring (bicyclic) bond motifs is 1. The molecular formula is C23H23N3O3S. The average molecular weight is 422 g/mol. The first-order valence-corrected chi connectivity index (χ1v) is 10.5. The number of ether oxygens (including phenoxy) is 1. The molecule has 0 spiro atoms. The van der Waals surface area contributed by atoms with Crippen molar-refractivity contribution in [1.82, 2.24) is 9.88 Å². The Bertz CT molecular complexity index is 1090. The molecule has 0 fully saturated rings. The van der Waals surface area contributed by atoms with E-state index in [9.17, 15) is 9.59 Å². The van der Waals surface area contributed by atoms with E-state index in [4.69, 9.17) is 4.74 Å². The molecule has 2 amide bonds. The van der Waals surface area contributed by atoms with E-state index in [2.05, 4.69) is 10.3 Å². The number of hydrogen-bond donors (Lipinski definition) is 1. The number of aromatic nitrogens is 1. The number of benzene rings is 2. The van der Waals surface area contributed by atoms with Crippen LogP contribution in [0.2, 0.25) is 0 Å². The van der Waals surface area contributed by atoms with Gasteiger partial charge in [0.25, 0.3) is 5.91 Å². The van der Waals surface area contributed by atoms with E-state index >= 15 is 0 Å². The fraction of sp³-hybridized carbons (Fsp3) is 0.261. The number of carbonyl (C=O) groups is 2. The summed E-state index contributed by atoms with van der Waals surface area (Å²) in [5.41, 5.74) is 3.05. The molecule has 7 heteroatoms. The minimum absolute atomic E-state index is 0.101. The van der Waals surface area contributed by atoms with Crippen LogP contribution in [0.1, 0.15) is 44.0 Å². The predicted molar refractivity (Wildman–Crippen MR) is 117 cm³/mol. The van der Waals surface area contributed by atoms with Crippen LogP contribution < -0.4 is 10.1 Å². The molecular weight excluding hydrogens is 398 g/mol. The Labute approximate surface area is 179 Å². The van der Waals surface area contributed by atoms with Gasteiger partial charge in [-0.1, -0.05) is 30.3 Å². The lowest BCUT2D eigenvalue weighted by Gasteiger charge is -2.39. The predicted octanol–water partition coefficient (Wildman–Crippen LogP) is 4.32. The fourth-order valence-electron chi connectivity index (χ4n) is 3.88. The van der Waals surface area contributed by atoms with Crippen molar-refractivity contribution in [2.45, 2.75) is 25.8 Å². The van der Waals surface area contributed by atoms with Crippen molar-refractivity contribution < 1.29 is 14.3 Å². The largest absolute Gasteiger partial charge is 0.497 e. The molecule has 3 aromatic rings. The van der Waals surface area contributed by atoms with E-state index in [0.717, 1.165) is 27.4 Å². The summed E-state index contributed by atoms with van der Waals surface area (Å²) in [5.74, 6) is -0.131. The van der Waals surface area contributed by atoms with Gasteiger partial charge < -0.3 is 15.0 Å². The second-order valence-electron chi connectivity index (χ2n) is 7.35. The monoisotopic (exact) mass is 421 g/mol. The maximum atomic E-state index is 13.5. The third kappa shape index (κ3) is 3.45. The van der Waals surface area contributed by atoms with Crippen molar-refractivity contribution in [2.24, 2.45) is 0 Å². The molecule has 2 aromatic carbocycles. The SMILES string of the molecule is COc1ccc([C@@H]2[C@H](C(=O)Nc3nc(C)c(C)s3)c3ccccc3C(=O)N2C)cc1. The standard InChI is InChI=1S/C23H23N3O3S/c1-13-14(2)30-23(24-13)25-21(27)19-17-7-5-6-8-18(17)22(28)26(3)20(19)15-9-11-16(29-4)12-10-15/h5-12,19-20H,1-4H3,(H,24,25,27)/t19-,20-/m1/s1. The Morgan fingerprint density at radius 2 is 1.83 bits per heavy atom. The Kier molecular flexibility index (Phi) is 5.30. The van der Waals surface area contributed by atoms with Gasteiger partial charge in [0, 0.05) is 17.5 Å². The fourth-order valence-corrected chi connectivity index (χ4v) is 4.70. The van der Waals surface area contributed by atoms with Crippen molar-refractivity contribution in [1.29, 1.82) is 0 Å². The number of nitrogens with one attached hydrogen (secondary N) is 1. The first-order valence-electron chi connectivity index (χ1n) is 9.65. The van der Waals surface area contributed by atoms with Crippen LogP contribution in [-0.2, 0) is 4.79 Å². The topological polar surface area (TPSA) is 71.5 Å². The number of hydrogen-bond acceptors (Lipinski definition) is 5. The van der Waals surface area contributed by atoms with Crippen LogP contribution in [0.3, 0.4) is 0 Å². The summed E-state index contributed by atoms with van der Waals surface area (Å²) >= 11 is 1.45. The van der Waals surface area contributed by atoms with Crippen LogP contribution in [0.25, 0.3) is 0 Å². The molecule has 4 rings (SSSR count). The molecule has 0 aliphatic carbocycles. The van der Waals surface area contributed by atoms with E-state index in [-0.39, 0.29) is 11.8 Å². The highest BCUT2D eigenvalue weighted by Crippen LogP contribution is 2.43. The summed E-state index contributed by atoms with van der Waals surface area (Å²) in [6, 6.07) is 14.4. The van der Waals surface area contributed by atoms with Crippen LogP contribution in [0, 0.1) is 13.8 Å². The number of carbonyl (C=O) groups excluding carboxylic acids is 2. The van der Waals surface area contributed by atoms with E-state index < -0.39 is 12.0 Å². The van der Waals surface area contributed by atoms with Crippen molar-refractivity contribution in [3.63, 3.8) is 0 Å². The van der Waals surface area contributed by atoms with Crippen molar-refractivity contribution in [2.75, 3.05) is 19.5 Å². The quantitative estimate of drug-likeness (QED) is 0.681. The van der Waals surface area contributed by atoms with Gasteiger partial charge in [-0.15, -0.1) is 11.3 Å². The number of amides is 2. The lowest BCUT2D eigenvalue weighted by Crippen LogP contribution is -2.44. The summed E-state index contributed by atoms with van der Waals surface area (Å²) in [4.78, 5) is 33.7. The van der Waals surface area contributed by atoms with Gasteiger partial charge in [0.2, 0.25) is 5.91 Å². The van der Waals surface area contributed by atoms with Gasteiger partial charge in [-0.2, -0.15) is 0 Å². The molecule has 2 heterocycles. The molecule has 0 unspecified atom stereocenters.